The van der Waals surface area contributed by atoms with Crippen LogP contribution in [-0.4, -0.2) is 83.3 Å². The summed E-state index contributed by atoms with van der Waals surface area (Å²) in [6.07, 6.45) is -12.0. The number of hydrogen-bond acceptors (Lipinski definition) is 5. The molecule has 3 aromatic carbocycles. The van der Waals surface area contributed by atoms with Gasteiger partial charge in [-0.15, -0.1) is 12.4 Å². The summed E-state index contributed by atoms with van der Waals surface area (Å²) in [5, 5.41) is 10.4. The van der Waals surface area contributed by atoms with Gasteiger partial charge in [0.1, 0.15) is 17.6 Å². The summed E-state index contributed by atoms with van der Waals surface area (Å²) in [6.45, 7) is 1.16. The minimum atomic E-state index is -4.78. The maximum Gasteiger partial charge on any atom is 0.416 e. The number of amides is 2. The average molecular weight is 740 g/mol. The molecule has 2 amide bonds. The van der Waals surface area contributed by atoms with E-state index in [2.05, 4.69) is 0 Å². The summed E-state index contributed by atoms with van der Waals surface area (Å²) >= 11 is 12.3. The number of aliphatic imine (C=N–C) groups is 1. The summed E-state index contributed by atoms with van der Waals surface area (Å²) in [6, 6.07) is 14.4. The van der Waals surface area contributed by atoms with Crippen molar-refractivity contribution in [3.8, 4) is 5.75 Å². The van der Waals surface area contributed by atoms with Gasteiger partial charge in [-0.25, -0.2) is 4.79 Å². The molecule has 1 N–H and O–H groups in total. The molecule has 260 valence electrons. The van der Waals surface area contributed by atoms with Crippen LogP contribution in [0.3, 0.4) is 0 Å². The van der Waals surface area contributed by atoms with Crippen molar-refractivity contribution in [2.24, 2.45) is 4.99 Å². The third kappa shape index (κ3) is 8.31. The molecule has 1 fully saturated rings. The maximum absolute atomic E-state index is 14.5. The van der Waals surface area contributed by atoms with Crippen molar-refractivity contribution in [2.75, 3.05) is 39.3 Å². The molecule has 2 heterocycles. The molecule has 5 rings (SSSR count). The molecule has 0 spiro atoms. The zero-order valence-corrected chi connectivity index (χ0v) is 27.6. The van der Waals surface area contributed by atoms with Crippen LogP contribution in [0.5, 0.6) is 5.75 Å². The number of carbonyl (C=O) groups is 1. The molecule has 0 radical (unpaired) electrons. The van der Waals surface area contributed by atoms with Crippen molar-refractivity contribution in [3.05, 3.63) is 99.0 Å². The van der Waals surface area contributed by atoms with Crippen LogP contribution in [0.25, 0.3) is 0 Å². The van der Waals surface area contributed by atoms with E-state index in [-0.39, 0.29) is 62.3 Å². The molecule has 3 aromatic rings. The zero-order chi connectivity index (χ0) is 34.1. The molecule has 3 unspecified atom stereocenters. The first-order valence-corrected chi connectivity index (χ1v) is 15.4. The summed E-state index contributed by atoms with van der Waals surface area (Å²) < 4.78 is 85.7. The Balaban J connectivity index is 0.00000520. The molecular weight excluding hydrogens is 709 g/mol. The van der Waals surface area contributed by atoms with Crippen LogP contribution in [0.1, 0.15) is 41.3 Å². The van der Waals surface area contributed by atoms with Gasteiger partial charge in [-0.3, -0.25) is 14.8 Å². The number of nitrogens with zero attached hydrogens (tertiary/aromatic N) is 4. The van der Waals surface area contributed by atoms with Gasteiger partial charge in [-0.05, 0) is 60.5 Å². The summed E-state index contributed by atoms with van der Waals surface area (Å²) in [4.78, 5) is 23.7. The van der Waals surface area contributed by atoms with Gasteiger partial charge in [-0.1, -0.05) is 47.5 Å². The summed E-state index contributed by atoms with van der Waals surface area (Å²) in [7, 11) is 0. The lowest BCUT2D eigenvalue weighted by molar-refractivity contribution is -0.208. The van der Waals surface area contributed by atoms with Crippen molar-refractivity contribution in [2.45, 2.75) is 37.5 Å². The molecule has 2 aliphatic heterocycles. The fraction of sp³-hybridized carbons (Fsp3) is 0.375. The van der Waals surface area contributed by atoms with Crippen molar-refractivity contribution >= 4 is 47.5 Å². The number of carbonyl (C=O) groups excluding carboxylic acids is 1. The maximum atomic E-state index is 14.5. The molecule has 3 atom stereocenters. The van der Waals surface area contributed by atoms with Crippen LogP contribution in [0, 0.1) is 0 Å². The number of alkyl halides is 6. The number of ether oxygens (including phenoxy) is 1. The van der Waals surface area contributed by atoms with Crippen LogP contribution in [-0.2, 0) is 6.18 Å². The van der Waals surface area contributed by atoms with Gasteiger partial charge in [0, 0.05) is 42.8 Å². The Morgan fingerprint density at radius 3 is 2.00 bits per heavy atom. The number of aliphatic hydroxyl groups is 1. The van der Waals surface area contributed by atoms with E-state index in [9.17, 15) is 36.2 Å². The minimum Gasteiger partial charge on any atom is -0.493 e. The van der Waals surface area contributed by atoms with Gasteiger partial charge < -0.3 is 14.7 Å². The van der Waals surface area contributed by atoms with Crippen molar-refractivity contribution in [1.82, 2.24) is 14.7 Å². The second-order valence-electron chi connectivity index (χ2n) is 11.1. The number of rotatable bonds is 7. The predicted octanol–water partition coefficient (Wildman–Crippen LogP) is 8.04. The second-order valence-corrected chi connectivity index (χ2v) is 12.0. The number of aliphatic hydroxyl groups excluding tert-OH is 1. The average Bonchev–Trinajstić information content (AvgIpc) is 3.41. The molecule has 7 nitrogen and oxygen atoms in total. The molecule has 16 heteroatoms. The lowest BCUT2D eigenvalue weighted by Gasteiger charge is -2.39. The van der Waals surface area contributed by atoms with E-state index < -0.39 is 48.7 Å². The highest BCUT2D eigenvalue weighted by molar-refractivity contribution is 6.30. The number of piperazine rings is 1. The normalized spacial score (nSPS) is 19.5. The van der Waals surface area contributed by atoms with E-state index in [0.717, 1.165) is 12.1 Å². The lowest BCUT2D eigenvalue weighted by Crippen LogP contribution is -2.55. The monoisotopic (exact) mass is 738 g/mol. The number of halogens is 9. The largest absolute Gasteiger partial charge is 0.493 e. The van der Waals surface area contributed by atoms with Gasteiger partial charge >= 0.3 is 18.4 Å². The van der Waals surface area contributed by atoms with Crippen molar-refractivity contribution in [3.63, 3.8) is 0 Å². The van der Waals surface area contributed by atoms with E-state index in [0.29, 0.717) is 21.2 Å². The minimum absolute atomic E-state index is 0. The standard InChI is InChI=1S/C32H30Cl2F6N4O3.ClH/c1-2-47-25-17-21(31(35,36)37)7-12-24(25)29-41-27(19-3-8-22(33)9-4-19)28(20-5-10-23(34)11-6-20)44(29)30(46)43-15-13-42(14-16-43)18-26(45)32(38,39)40;/h3-12,17,26-28,45H,2,13-16,18H2,1H3;1H. The fourth-order valence-corrected chi connectivity index (χ4v) is 5.89. The van der Waals surface area contributed by atoms with Crippen LogP contribution in [0.2, 0.25) is 10.0 Å². The number of β-amino-alcohol motifs (C(OH)–C–C–N with tert-alkyl or cyclic N) is 1. The molecular formula is C32H31Cl3F6N4O3. The van der Waals surface area contributed by atoms with E-state index in [1.165, 1.54) is 20.8 Å². The smallest absolute Gasteiger partial charge is 0.416 e. The first-order chi connectivity index (χ1) is 22.2. The molecule has 0 saturated carbocycles. The predicted molar refractivity (Wildman–Crippen MR) is 172 cm³/mol. The van der Waals surface area contributed by atoms with Gasteiger partial charge in [0.05, 0.1) is 23.8 Å². The van der Waals surface area contributed by atoms with E-state index >= 15 is 0 Å². The quantitative estimate of drug-likeness (QED) is 0.249. The molecule has 0 aromatic heterocycles. The Hall–Kier alpha value is -3.23. The highest BCUT2D eigenvalue weighted by atomic mass is 35.5. The molecule has 48 heavy (non-hydrogen) atoms. The highest BCUT2D eigenvalue weighted by Crippen LogP contribution is 2.46. The van der Waals surface area contributed by atoms with Crippen LogP contribution in [0.4, 0.5) is 31.1 Å². The SMILES string of the molecule is CCOc1cc(C(F)(F)F)ccc1C1=NC(c2ccc(Cl)cc2)C(c2ccc(Cl)cc2)N1C(=O)N1CCN(CC(O)C(F)(F)F)CC1.Cl. The van der Waals surface area contributed by atoms with E-state index in [1.807, 2.05) is 0 Å². The molecule has 0 bridgehead atoms. The zero-order valence-electron chi connectivity index (χ0n) is 25.3. The Bertz CT molecular complexity index is 1600. The number of benzene rings is 3. The van der Waals surface area contributed by atoms with Gasteiger partial charge in [0.25, 0.3) is 0 Å². The topological polar surface area (TPSA) is 68.6 Å². The Morgan fingerprint density at radius 2 is 1.48 bits per heavy atom. The summed E-state index contributed by atoms with van der Waals surface area (Å²) in [5.41, 5.74) is 0.494. The van der Waals surface area contributed by atoms with Crippen LogP contribution < -0.4 is 4.74 Å². The fourth-order valence-electron chi connectivity index (χ4n) is 5.63. The van der Waals surface area contributed by atoms with Gasteiger partial charge in [0.15, 0.2) is 6.10 Å². The molecule has 1 saturated heterocycles. The third-order valence-electron chi connectivity index (χ3n) is 8.00. The van der Waals surface area contributed by atoms with Crippen LogP contribution in [0.15, 0.2) is 71.7 Å². The van der Waals surface area contributed by atoms with E-state index in [4.69, 9.17) is 32.9 Å². The Morgan fingerprint density at radius 1 is 0.917 bits per heavy atom. The first kappa shape index (κ1) is 37.6. The Kier molecular flexibility index (Phi) is 11.8. The third-order valence-corrected chi connectivity index (χ3v) is 8.50. The van der Waals surface area contributed by atoms with Crippen LogP contribution >= 0.6 is 35.6 Å². The lowest BCUT2D eigenvalue weighted by atomic mass is 9.93. The van der Waals surface area contributed by atoms with E-state index in [1.54, 1.807) is 55.5 Å². The number of amidine groups is 1. The van der Waals surface area contributed by atoms with Gasteiger partial charge in [-0.2, -0.15) is 26.3 Å². The highest BCUT2D eigenvalue weighted by Gasteiger charge is 2.46. The van der Waals surface area contributed by atoms with Crippen molar-refractivity contribution < 1.29 is 41.0 Å². The second kappa shape index (κ2) is 15.1. The number of hydrogen-bond donors (Lipinski definition) is 1. The van der Waals surface area contributed by atoms with Crippen molar-refractivity contribution in [1.29, 1.82) is 0 Å². The number of urea groups is 1. The summed E-state index contributed by atoms with van der Waals surface area (Å²) in [5.74, 6) is -0.0709. The molecule has 2 aliphatic rings. The first-order valence-electron chi connectivity index (χ1n) is 14.7. The van der Waals surface area contributed by atoms with Gasteiger partial charge in [0.2, 0.25) is 0 Å². The Labute approximate surface area is 289 Å². The molecule has 0 aliphatic carbocycles.